The van der Waals surface area contributed by atoms with Gasteiger partial charge in [-0.1, -0.05) is 11.6 Å². The van der Waals surface area contributed by atoms with Crippen LogP contribution in [0.3, 0.4) is 0 Å². The number of carbonyl (C=O) groups is 1. The molecule has 3 N–H and O–H groups in total. The molecular weight excluding hydrogens is 254 g/mol. The number of nitrogens with two attached hydrogens (primary N) is 1. The zero-order valence-electron chi connectivity index (χ0n) is 10.2. The minimum Gasteiger partial charge on any atom is -0.355 e. The van der Waals surface area contributed by atoms with Crippen LogP contribution < -0.4 is 16.6 Å². The molecule has 0 aliphatic rings. The Kier molecular flexibility index (Phi) is 6.46. The van der Waals surface area contributed by atoms with E-state index in [2.05, 4.69) is 5.32 Å². The Labute approximate surface area is 111 Å². The molecule has 0 saturated carbocycles. The van der Waals surface area contributed by atoms with E-state index in [1.807, 2.05) is 0 Å². The average molecular weight is 272 g/mol. The standard InChI is InChI=1S/C12H18ClN3O2/c13-10-4-5-12(18)16(9-10)8-2-1-3-11(17)15-7-6-14/h4-5,9H,1-3,6-8,14H2,(H,15,17). The van der Waals surface area contributed by atoms with Crippen LogP contribution in [0.15, 0.2) is 23.1 Å². The van der Waals surface area contributed by atoms with Crippen molar-refractivity contribution in [3.63, 3.8) is 0 Å². The zero-order valence-corrected chi connectivity index (χ0v) is 10.9. The van der Waals surface area contributed by atoms with Gasteiger partial charge in [0, 0.05) is 38.3 Å². The number of halogens is 1. The van der Waals surface area contributed by atoms with Gasteiger partial charge in [0.2, 0.25) is 5.91 Å². The number of hydrogen-bond donors (Lipinski definition) is 2. The number of rotatable bonds is 7. The number of nitrogens with zero attached hydrogens (tertiary/aromatic N) is 1. The SMILES string of the molecule is NCCNC(=O)CCCCn1cc(Cl)ccc1=O. The lowest BCUT2D eigenvalue weighted by Gasteiger charge is -2.06. The molecule has 0 atom stereocenters. The fourth-order valence-electron chi connectivity index (χ4n) is 1.54. The number of nitrogens with one attached hydrogen (secondary N) is 1. The third-order valence-electron chi connectivity index (χ3n) is 2.47. The van der Waals surface area contributed by atoms with Gasteiger partial charge in [-0.05, 0) is 18.9 Å². The second-order valence-electron chi connectivity index (χ2n) is 3.97. The molecule has 1 aromatic heterocycles. The van der Waals surface area contributed by atoms with Crippen LogP contribution >= 0.6 is 11.6 Å². The zero-order chi connectivity index (χ0) is 13.4. The molecule has 1 heterocycles. The number of pyridine rings is 1. The molecule has 1 aromatic rings. The maximum Gasteiger partial charge on any atom is 0.250 e. The van der Waals surface area contributed by atoms with Gasteiger partial charge in [0.1, 0.15) is 0 Å². The molecule has 0 aliphatic carbocycles. The van der Waals surface area contributed by atoms with Gasteiger partial charge in [-0.2, -0.15) is 0 Å². The van der Waals surface area contributed by atoms with E-state index in [4.69, 9.17) is 17.3 Å². The van der Waals surface area contributed by atoms with Crippen molar-refractivity contribution in [2.24, 2.45) is 5.73 Å². The first kappa shape index (κ1) is 14.7. The van der Waals surface area contributed by atoms with Gasteiger partial charge < -0.3 is 15.6 Å². The largest absolute Gasteiger partial charge is 0.355 e. The van der Waals surface area contributed by atoms with Crippen LogP contribution in [0.5, 0.6) is 0 Å². The van der Waals surface area contributed by atoms with E-state index in [0.29, 0.717) is 31.1 Å². The van der Waals surface area contributed by atoms with Gasteiger partial charge in [-0.25, -0.2) is 0 Å². The van der Waals surface area contributed by atoms with Crippen LogP contribution in [0.25, 0.3) is 0 Å². The molecule has 0 unspecified atom stereocenters. The molecule has 6 heteroatoms. The number of amides is 1. The molecule has 18 heavy (non-hydrogen) atoms. The summed E-state index contributed by atoms with van der Waals surface area (Å²) < 4.78 is 1.56. The highest BCUT2D eigenvalue weighted by atomic mass is 35.5. The predicted octanol–water partition coefficient (Wildman–Crippen LogP) is 0.747. The molecule has 0 aromatic carbocycles. The van der Waals surface area contributed by atoms with Gasteiger partial charge in [0.25, 0.3) is 5.56 Å². The van der Waals surface area contributed by atoms with Crippen LogP contribution in [0, 0.1) is 0 Å². The van der Waals surface area contributed by atoms with E-state index < -0.39 is 0 Å². The number of carbonyl (C=O) groups excluding carboxylic acids is 1. The molecule has 5 nitrogen and oxygen atoms in total. The van der Waals surface area contributed by atoms with Crippen molar-refractivity contribution in [3.05, 3.63) is 33.7 Å². The average Bonchev–Trinajstić information content (AvgIpc) is 2.36. The first-order valence-corrected chi connectivity index (χ1v) is 6.34. The Balaban J connectivity index is 2.27. The summed E-state index contributed by atoms with van der Waals surface area (Å²) in [6.07, 6.45) is 3.55. The lowest BCUT2D eigenvalue weighted by atomic mass is 10.2. The van der Waals surface area contributed by atoms with E-state index in [9.17, 15) is 9.59 Å². The van der Waals surface area contributed by atoms with Crippen molar-refractivity contribution in [2.75, 3.05) is 13.1 Å². The fourth-order valence-corrected chi connectivity index (χ4v) is 1.73. The van der Waals surface area contributed by atoms with E-state index >= 15 is 0 Å². The summed E-state index contributed by atoms with van der Waals surface area (Å²) >= 11 is 5.80. The highest BCUT2D eigenvalue weighted by Gasteiger charge is 2.01. The van der Waals surface area contributed by atoms with Crippen molar-refractivity contribution in [1.82, 2.24) is 9.88 Å². The number of unbranched alkanes of at least 4 members (excludes halogenated alkanes) is 1. The fraction of sp³-hybridized carbons (Fsp3) is 0.500. The molecule has 0 fully saturated rings. The molecule has 0 radical (unpaired) electrons. The molecule has 0 aliphatic heterocycles. The van der Waals surface area contributed by atoms with E-state index in [-0.39, 0.29) is 11.5 Å². The molecule has 1 amide bonds. The van der Waals surface area contributed by atoms with Gasteiger partial charge >= 0.3 is 0 Å². The summed E-state index contributed by atoms with van der Waals surface area (Å²) in [6, 6.07) is 3.01. The Bertz CT molecular complexity index is 445. The van der Waals surface area contributed by atoms with E-state index in [0.717, 1.165) is 12.8 Å². The van der Waals surface area contributed by atoms with Crippen molar-refractivity contribution < 1.29 is 4.79 Å². The topological polar surface area (TPSA) is 77.1 Å². The summed E-state index contributed by atoms with van der Waals surface area (Å²) in [7, 11) is 0. The maximum absolute atomic E-state index is 11.5. The Hall–Kier alpha value is -1.33. The van der Waals surface area contributed by atoms with Gasteiger partial charge in [-0.3, -0.25) is 9.59 Å². The molecule has 1 rings (SSSR count). The second-order valence-corrected chi connectivity index (χ2v) is 4.41. The maximum atomic E-state index is 11.5. The smallest absolute Gasteiger partial charge is 0.250 e. The quantitative estimate of drug-likeness (QED) is 0.719. The Morgan fingerprint density at radius 3 is 2.89 bits per heavy atom. The van der Waals surface area contributed by atoms with Crippen molar-refractivity contribution >= 4 is 17.5 Å². The lowest BCUT2D eigenvalue weighted by molar-refractivity contribution is -0.121. The number of aromatic nitrogens is 1. The lowest BCUT2D eigenvalue weighted by Crippen LogP contribution is -2.28. The predicted molar refractivity (Wildman–Crippen MR) is 71.6 cm³/mol. The number of aryl methyl sites for hydroxylation is 1. The third-order valence-corrected chi connectivity index (χ3v) is 2.69. The molecule has 100 valence electrons. The van der Waals surface area contributed by atoms with E-state index in [1.54, 1.807) is 16.8 Å². The molecule has 0 bridgehead atoms. The normalized spacial score (nSPS) is 10.3. The molecular formula is C12H18ClN3O2. The first-order valence-electron chi connectivity index (χ1n) is 5.96. The Morgan fingerprint density at radius 2 is 2.17 bits per heavy atom. The molecule has 0 spiro atoms. The molecule has 0 saturated heterocycles. The highest BCUT2D eigenvalue weighted by molar-refractivity contribution is 6.30. The first-order chi connectivity index (χ1) is 8.63. The monoisotopic (exact) mass is 271 g/mol. The van der Waals surface area contributed by atoms with Gasteiger partial charge in [0.15, 0.2) is 0 Å². The summed E-state index contributed by atoms with van der Waals surface area (Å²) in [5.74, 6) is -0.00103. The minimum atomic E-state index is -0.0769. The Morgan fingerprint density at radius 1 is 1.39 bits per heavy atom. The van der Waals surface area contributed by atoms with Crippen LogP contribution in [-0.4, -0.2) is 23.6 Å². The van der Waals surface area contributed by atoms with Crippen molar-refractivity contribution in [1.29, 1.82) is 0 Å². The van der Waals surface area contributed by atoms with E-state index in [1.165, 1.54) is 6.07 Å². The highest BCUT2D eigenvalue weighted by Crippen LogP contribution is 2.04. The second kappa shape index (κ2) is 7.89. The van der Waals surface area contributed by atoms with Crippen LogP contribution in [0.2, 0.25) is 5.02 Å². The van der Waals surface area contributed by atoms with Crippen molar-refractivity contribution in [3.8, 4) is 0 Å². The third kappa shape index (κ3) is 5.33. The van der Waals surface area contributed by atoms with Crippen LogP contribution in [0.1, 0.15) is 19.3 Å². The summed E-state index contributed by atoms with van der Waals surface area (Å²) in [6.45, 7) is 1.53. The van der Waals surface area contributed by atoms with Crippen LogP contribution in [-0.2, 0) is 11.3 Å². The van der Waals surface area contributed by atoms with Gasteiger partial charge in [0.05, 0.1) is 5.02 Å². The van der Waals surface area contributed by atoms with Crippen molar-refractivity contribution in [2.45, 2.75) is 25.8 Å². The summed E-state index contributed by atoms with van der Waals surface area (Å²) in [4.78, 5) is 22.7. The summed E-state index contributed by atoms with van der Waals surface area (Å²) in [5.41, 5.74) is 5.20. The van der Waals surface area contributed by atoms with Crippen LogP contribution in [0.4, 0.5) is 0 Å². The summed E-state index contributed by atoms with van der Waals surface area (Å²) in [5, 5.41) is 3.24. The number of hydrogen-bond acceptors (Lipinski definition) is 3. The van der Waals surface area contributed by atoms with Gasteiger partial charge in [-0.15, -0.1) is 0 Å². The minimum absolute atomic E-state index is 0.00103.